The number of carbonyl (C=O) groups excluding carboxylic acids is 1. The number of amides is 1. The maximum Gasteiger partial charge on any atom is 0.223 e. The quantitative estimate of drug-likeness (QED) is 0.658. The van der Waals surface area contributed by atoms with Crippen LogP contribution in [0.1, 0.15) is 40.0 Å². The van der Waals surface area contributed by atoms with Gasteiger partial charge in [0.25, 0.3) is 0 Å². The molecule has 0 aromatic heterocycles. The third kappa shape index (κ3) is 1.87. The van der Waals surface area contributed by atoms with Gasteiger partial charge < -0.3 is 5.32 Å². The lowest BCUT2D eigenvalue weighted by Crippen LogP contribution is -2.43. The van der Waals surface area contributed by atoms with Crippen molar-refractivity contribution in [1.29, 1.82) is 0 Å². The zero-order chi connectivity index (χ0) is 9.64. The molecule has 1 amide bonds. The lowest BCUT2D eigenvalue weighted by molar-refractivity contribution is -0.126. The molecule has 1 N–H and O–H groups in total. The van der Waals surface area contributed by atoms with Gasteiger partial charge in [-0.15, -0.1) is 0 Å². The van der Waals surface area contributed by atoms with Crippen LogP contribution in [0.5, 0.6) is 0 Å². The van der Waals surface area contributed by atoms with Crippen molar-refractivity contribution in [3.63, 3.8) is 0 Å². The number of rotatable bonds is 1. The smallest absolute Gasteiger partial charge is 0.223 e. The van der Waals surface area contributed by atoms with Crippen molar-refractivity contribution in [2.24, 2.45) is 17.8 Å². The van der Waals surface area contributed by atoms with Crippen molar-refractivity contribution in [1.82, 2.24) is 5.32 Å². The monoisotopic (exact) mass is 181 g/mol. The SMILES string of the molecule is CC(C)(C)NC(=O)[C@@H]1CC[C@@H]2C[C@@H]21. The Kier molecular flexibility index (Phi) is 1.90. The lowest BCUT2D eigenvalue weighted by atomic mass is 10.0. The van der Waals surface area contributed by atoms with Gasteiger partial charge in [-0.25, -0.2) is 0 Å². The molecule has 0 saturated heterocycles. The molecular formula is C11H19NO. The zero-order valence-electron chi connectivity index (χ0n) is 8.76. The summed E-state index contributed by atoms with van der Waals surface area (Å²) in [5.74, 6) is 2.26. The Morgan fingerprint density at radius 2 is 2.00 bits per heavy atom. The van der Waals surface area contributed by atoms with Crippen molar-refractivity contribution in [2.45, 2.75) is 45.6 Å². The summed E-state index contributed by atoms with van der Waals surface area (Å²) in [6, 6.07) is 0. The maximum absolute atomic E-state index is 11.8. The minimum atomic E-state index is -0.0654. The average molecular weight is 181 g/mol. The van der Waals surface area contributed by atoms with Gasteiger partial charge in [0.15, 0.2) is 0 Å². The largest absolute Gasteiger partial charge is 0.351 e. The van der Waals surface area contributed by atoms with E-state index < -0.39 is 0 Å². The van der Waals surface area contributed by atoms with Crippen molar-refractivity contribution in [3.8, 4) is 0 Å². The van der Waals surface area contributed by atoms with Crippen LogP contribution in [0, 0.1) is 17.8 Å². The van der Waals surface area contributed by atoms with E-state index in [4.69, 9.17) is 0 Å². The first-order chi connectivity index (χ1) is 5.97. The molecule has 0 aromatic rings. The van der Waals surface area contributed by atoms with Crippen molar-refractivity contribution in [3.05, 3.63) is 0 Å². The van der Waals surface area contributed by atoms with Crippen LogP contribution in [0.2, 0.25) is 0 Å². The fraction of sp³-hybridized carbons (Fsp3) is 0.909. The molecule has 2 nitrogen and oxygen atoms in total. The molecule has 0 heterocycles. The highest BCUT2D eigenvalue weighted by Crippen LogP contribution is 2.55. The second-order valence-electron chi connectivity index (χ2n) is 5.58. The Hall–Kier alpha value is -0.530. The molecule has 0 unspecified atom stereocenters. The van der Waals surface area contributed by atoms with Gasteiger partial charge in [-0.1, -0.05) is 0 Å². The van der Waals surface area contributed by atoms with Gasteiger partial charge in [0.05, 0.1) is 0 Å². The molecule has 13 heavy (non-hydrogen) atoms. The molecule has 2 rings (SSSR count). The number of carbonyl (C=O) groups is 1. The summed E-state index contributed by atoms with van der Waals surface area (Å²) in [6.07, 6.45) is 3.71. The van der Waals surface area contributed by atoms with E-state index in [0.717, 1.165) is 18.3 Å². The summed E-state index contributed by atoms with van der Waals surface area (Å²) in [7, 11) is 0. The number of fused-ring (bicyclic) bond motifs is 1. The van der Waals surface area contributed by atoms with Gasteiger partial charge in [-0.05, 0) is 51.9 Å². The Labute approximate surface area is 80.1 Å². The summed E-state index contributed by atoms with van der Waals surface area (Å²) in [4.78, 5) is 11.8. The molecule has 0 spiro atoms. The molecule has 3 atom stereocenters. The molecule has 2 aliphatic carbocycles. The summed E-state index contributed by atoms with van der Waals surface area (Å²) < 4.78 is 0. The van der Waals surface area contributed by atoms with E-state index in [1.165, 1.54) is 12.8 Å². The fourth-order valence-electron chi connectivity index (χ4n) is 2.49. The van der Waals surface area contributed by atoms with E-state index in [1.54, 1.807) is 0 Å². The van der Waals surface area contributed by atoms with E-state index in [9.17, 15) is 4.79 Å². The van der Waals surface area contributed by atoms with E-state index in [-0.39, 0.29) is 11.4 Å². The fourth-order valence-corrected chi connectivity index (χ4v) is 2.49. The highest BCUT2D eigenvalue weighted by Gasteiger charge is 2.50. The number of hydrogen-bond acceptors (Lipinski definition) is 1. The summed E-state index contributed by atoms with van der Waals surface area (Å²) in [6.45, 7) is 6.14. The highest BCUT2D eigenvalue weighted by molar-refractivity contribution is 5.80. The van der Waals surface area contributed by atoms with Crippen molar-refractivity contribution in [2.75, 3.05) is 0 Å². The Balaban J connectivity index is 1.90. The van der Waals surface area contributed by atoms with Gasteiger partial charge >= 0.3 is 0 Å². The van der Waals surface area contributed by atoms with E-state index in [1.807, 2.05) is 20.8 Å². The summed E-state index contributed by atoms with van der Waals surface area (Å²) in [5.41, 5.74) is -0.0654. The van der Waals surface area contributed by atoms with Crippen molar-refractivity contribution >= 4 is 5.91 Å². The second-order valence-corrected chi connectivity index (χ2v) is 5.58. The molecule has 2 saturated carbocycles. The molecule has 2 heteroatoms. The molecule has 2 aliphatic rings. The molecule has 74 valence electrons. The number of nitrogens with one attached hydrogen (secondary N) is 1. The highest BCUT2D eigenvalue weighted by atomic mass is 16.2. The normalized spacial score (nSPS) is 37.0. The zero-order valence-corrected chi connectivity index (χ0v) is 8.76. The third-order valence-electron chi connectivity index (χ3n) is 3.18. The van der Waals surface area contributed by atoms with Crippen LogP contribution in [-0.4, -0.2) is 11.4 Å². The van der Waals surface area contributed by atoms with Crippen LogP contribution in [0.3, 0.4) is 0 Å². The minimum absolute atomic E-state index is 0.0654. The Bertz CT molecular complexity index is 229. The van der Waals surface area contributed by atoms with Crippen molar-refractivity contribution < 1.29 is 4.79 Å². The van der Waals surface area contributed by atoms with Crippen LogP contribution in [0.15, 0.2) is 0 Å². The Morgan fingerprint density at radius 1 is 1.31 bits per heavy atom. The van der Waals surface area contributed by atoms with Crippen LogP contribution in [0.25, 0.3) is 0 Å². The van der Waals surface area contributed by atoms with E-state index in [2.05, 4.69) is 5.32 Å². The predicted molar refractivity (Wildman–Crippen MR) is 52.2 cm³/mol. The predicted octanol–water partition coefficient (Wildman–Crippen LogP) is 1.95. The Morgan fingerprint density at radius 3 is 2.38 bits per heavy atom. The first-order valence-electron chi connectivity index (χ1n) is 5.29. The first kappa shape index (κ1) is 9.04. The summed E-state index contributed by atoms with van der Waals surface area (Å²) in [5, 5.41) is 3.08. The second kappa shape index (κ2) is 2.73. The van der Waals surface area contributed by atoms with Gasteiger partial charge in [-0.2, -0.15) is 0 Å². The van der Waals surface area contributed by atoms with Gasteiger partial charge in [-0.3, -0.25) is 4.79 Å². The van der Waals surface area contributed by atoms with Crippen LogP contribution in [0.4, 0.5) is 0 Å². The van der Waals surface area contributed by atoms with Crippen LogP contribution in [-0.2, 0) is 4.79 Å². The van der Waals surface area contributed by atoms with Gasteiger partial charge in [0.1, 0.15) is 0 Å². The third-order valence-corrected chi connectivity index (χ3v) is 3.18. The number of hydrogen-bond donors (Lipinski definition) is 1. The van der Waals surface area contributed by atoms with Crippen LogP contribution >= 0.6 is 0 Å². The molecule has 2 fully saturated rings. The first-order valence-corrected chi connectivity index (χ1v) is 5.29. The topological polar surface area (TPSA) is 29.1 Å². The lowest BCUT2D eigenvalue weighted by Gasteiger charge is -2.23. The van der Waals surface area contributed by atoms with Crippen LogP contribution < -0.4 is 5.32 Å². The molecule has 0 aromatic carbocycles. The van der Waals surface area contributed by atoms with E-state index in [0.29, 0.717) is 5.92 Å². The van der Waals surface area contributed by atoms with Gasteiger partial charge in [0, 0.05) is 11.5 Å². The van der Waals surface area contributed by atoms with Gasteiger partial charge in [0.2, 0.25) is 5.91 Å². The summed E-state index contributed by atoms with van der Waals surface area (Å²) >= 11 is 0. The maximum atomic E-state index is 11.8. The standard InChI is InChI=1S/C11H19NO/c1-11(2,3)12-10(13)8-5-4-7-6-9(7)8/h7-9H,4-6H2,1-3H3,(H,12,13)/t7-,8-,9+/m1/s1. The minimum Gasteiger partial charge on any atom is -0.351 e. The average Bonchev–Trinajstić information content (AvgIpc) is 2.59. The molecule has 0 radical (unpaired) electrons. The molecule has 0 bridgehead atoms. The molecular weight excluding hydrogens is 162 g/mol. The molecule has 0 aliphatic heterocycles. The van der Waals surface area contributed by atoms with E-state index >= 15 is 0 Å².